The largest absolute Gasteiger partial charge is 0.384 e. The molecule has 32 heavy (non-hydrogen) atoms. The summed E-state index contributed by atoms with van der Waals surface area (Å²) in [4.78, 5) is 13.4. The Morgan fingerprint density at radius 2 is 1.84 bits per heavy atom. The van der Waals surface area contributed by atoms with Crippen molar-refractivity contribution >= 4 is 11.6 Å². The second kappa shape index (κ2) is 8.82. The van der Waals surface area contributed by atoms with Gasteiger partial charge in [-0.25, -0.2) is 4.98 Å². The molecule has 4 rings (SSSR count). The van der Waals surface area contributed by atoms with E-state index < -0.39 is 5.60 Å². The van der Waals surface area contributed by atoms with Gasteiger partial charge in [-0.05, 0) is 44.4 Å². The summed E-state index contributed by atoms with van der Waals surface area (Å²) in [5.41, 5.74) is 3.22. The van der Waals surface area contributed by atoms with Gasteiger partial charge in [-0.1, -0.05) is 30.3 Å². The first-order chi connectivity index (χ1) is 15.2. The highest BCUT2D eigenvalue weighted by Gasteiger charge is 2.28. The van der Waals surface area contributed by atoms with Crippen molar-refractivity contribution in [3.8, 4) is 0 Å². The summed E-state index contributed by atoms with van der Waals surface area (Å²) in [6.45, 7) is 16.4. The van der Waals surface area contributed by atoms with Gasteiger partial charge >= 0.3 is 0 Å². The molecule has 2 radical (unpaired) electrons. The Kier molecular flexibility index (Phi) is 6.11. The normalized spacial score (nSPS) is 17.0. The van der Waals surface area contributed by atoms with E-state index in [0.29, 0.717) is 17.7 Å². The molecule has 0 saturated carbocycles. The highest BCUT2D eigenvalue weighted by Crippen LogP contribution is 2.27. The van der Waals surface area contributed by atoms with Crippen LogP contribution < -0.4 is 9.80 Å². The van der Waals surface area contributed by atoms with Gasteiger partial charge in [0.25, 0.3) is 0 Å². The molecule has 0 bridgehead atoms. The van der Waals surface area contributed by atoms with E-state index in [4.69, 9.17) is 6.92 Å². The molecule has 166 valence electrons. The first kappa shape index (κ1) is 22.1. The van der Waals surface area contributed by atoms with Gasteiger partial charge in [0.05, 0.1) is 23.8 Å². The van der Waals surface area contributed by atoms with Crippen LogP contribution in [0.15, 0.2) is 42.7 Å². The van der Waals surface area contributed by atoms with Gasteiger partial charge in [-0.15, -0.1) is 5.10 Å². The van der Waals surface area contributed by atoms with Gasteiger partial charge in [0.1, 0.15) is 11.4 Å². The lowest BCUT2D eigenvalue weighted by Gasteiger charge is -2.41. The summed E-state index contributed by atoms with van der Waals surface area (Å²) in [5, 5.41) is 19.1. The number of hydrogen-bond donors (Lipinski definition) is 1. The third-order valence-electron chi connectivity index (χ3n) is 6.02. The topological polar surface area (TPSA) is 78.3 Å². The number of hydrogen-bond acceptors (Lipinski definition) is 7. The Hall–Kier alpha value is -3.06. The third kappa shape index (κ3) is 4.58. The molecule has 2 aromatic heterocycles. The summed E-state index contributed by atoms with van der Waals surface area (Å²) in [7, 11) is 0. The van der Waals surface area contributed by atoms with E-state index >= 15 is 0 Å². The second-order valence-electron chi connectivity index (χ2n) is 8.98. The van der Waals surface area contributed by atoms with Gasteiger partial charge in [0.15, 0.2) is 5.82 Å². The maximum Gasteiger partial charge on any atom is 0.154 e. The minimum Gasteiger partial charge on any atom is -0.384 e. The van der Waals surface area contributed by atoms with Crippen LogP contribution in [0.4, 0.5) is 11.6 Å². The predicted molar refractivity (Wildman–Crippen MR) is 126 cm³/mol. The number of aromatic nitrogens is 4. The van der Waals surface area contributed by atoms with Gasteiger partial charge in [0, 0.05) is 39.0 Å². The van der Waals surface area contributed by atoms with Crippen LogP contribution in [0.3, 0.4) is 0 Å². The average Bonchev–Trinajstić information content (AvgIpc) is 2.77. The van der Waals surface area contributed by atoms with Crippen molar-refractivity contribution < 1.29 is 5.11 Å². The number of anilines is 2. The summed E-state index contributed by atoms with van der Waals surface area (Å²) >= 11 is 0. The van der Waals surface area contributed by atoms with Crippen molar-refractivity contribution in [1.82, 2.24) is 20.2 Å². The Bertz CT molecular complexity index is 1060. The van der Waals surface area contributed by atoms with E-state index in [1.54, 1.807) is 26.2 Å². The highest BCUT2D eigenvalue weighted by molar-refractivity contribution is 5.54. The molecule has 1 N–H and O–H groups in total. The zero-order valence-electron chi connectivity index (χ0n) is 19.2. The van der Waals surface area contributed by atoms with Crippen molar-refractivity contribution in [2.75, 3.05) is 29.4 Å². The number of nitrogens with zero attached hydrogens (tertiary/aromatic N) is 6. The molecule has 1 aliphatic heterocycles. The highest BCUT2D eigenvalue weighted by atomic mass is 16.3. The first-order valence-electron chi connectivity index (χ1n) is 11.0. The van der Waals surface area contributed by atoms with Gasteiger partial charge in [-0.3, -0.25) is 4.98 Å². The molecule has 7 nitrogen and oxygen atoms in total. The molecular weight excluding hydrogens is 400 g/mol. The van der Waals surface area contributed by atoms with Crippen LogP contribution in [0.1, 0.15) is 48.8 Å². The van der Waals surface area contributed by atoms with Crippen LogP contribution in [0, 0.1) is 13.8 Å². The first-order valence-corrected chi connectivity index (χ1v) is 11.0. The molecule has 1 aromatic carbocycles. The summed E-state index contributed by atoms with van der Waals surface area (Å²) in [6.07, 6.45) is 4.06. The second-order valence-corrected chi connectivity index (χ2v) is 8.98. The monoisotopic (exact) mass is 430 g/mol. The third-order valence-corrected chi connectivity index (χ3v) is 6.02. The quantitative estimate of drug-likeness (QED) is 0.666. The van der Waals surface area contributed by atoms with E-state index in [9.17, 15) is 5.11 Å². The van der Waals surface area contributed by atoms with Crippen molar-refractivity contribution in [2.24, 2.45) is 0 Å². The lowest BCUT2D eigenvalue weighted by Crippen LogP contribution is -2.53. The fraction of sp³-hybridized carbons (Fsp3) is 0.400. The summed E-state index contributed by atoms with van der Waals surface area (Å²) in [5.74, 6) is 1.65. The predicted octanol–water partition coefficient (Wildman–Crippen LogP) is 3.17. The summed E-state index contributed by atoms with van der Waals surface area (Å²) < 4.78 is 0. The molecule has 0 aliphatic carbocycles. The number of benzene rings is 1. The Morgan fingerprint density at radius 1 is 1.09 bits per heavy atom. The smallest absolute Gasteiger partial charge is 0.154 e. The average molecular weight is 431 g/mol. The maximum absolute atomic E-state index is 10.1. The molecule has 0 amide bonds. The molecule has 0 spiro atoms. The molecule has 0 unspecified atom stereocenters. The molecule has 1 aliphatic rings. The minimum atomic E-state index is -1.00. The van der Waals surface area contributed by atoms with E-state index in [0.717, 1.165) is 42.5 Å². The van der Waals surface area contributed by atoms with Gasteiger partial charge in [-0.2, -0.15) is 5.10 Å². The van der Waals surface area contributed by atoms with Crippen LogP contribution in [0.25, 0.3) is 0 Å². The standard InChI is InChI=1S/C25H30N6O/c1-17-16-30(11-12-31(17)23-15-26-22(14-27-23)25(4,5)32)24-19(3)18(2)21(28-29-24)13-20-9-7-6-8-10-20/h2,6-10,14-15,17,32H,11-13,16H2,1,3-5H3/t17-/m1/s1. The molecular formula is C25H30N6O. The zero-order chi connectivity index (χ0) is 22.9. The molecule has 1 saturated heterocycles. The van der Waals surface area contributed by atoms with Crippen molar-refractivity contribution in [1.29, 1.82) is 0 Å². The minimum absolute atomic E-state index is 0.206. The van der Waals surface area contributed by atoms with Gasteiger partial charge in [0.2, 0.25) is 0 Å². The SMILES string of the molecule is [CH]c1c(Cc2ccccc2)nnc(N2CCN(c3cnc(C(C)(C)O)cn3)[C@H](C)C2)c1C. The Labute approximate surface area is 190 Å². The molecule has 3 heterocycles. The van der Waals surface area contributed by atoms with Gasteiger partial charge < -0.3 is 14.9 Å². The lowest BCUT2D eigenvalue weighted by molar-refractivity contribution is 0.0734. The van der Waals surface area contributed by atoms with Crippen LogP contribution in [-0.2, 0) is 12.0 Å². The number of aliphatic hydroxyl groups is 1. The maximum atomic E-state index is 10.1. The van der Waals surface area contributed by atoms with Crippen LogP contribution in [-0.4, -0.2) is 50.9 Å². The fourth-order valence-electron chi connectivity index (χ4n) is 4.07. The molecule has 3 aromatic rings. The van der Waals surface area contributed by atoms with Crippen LogP contribution in [0.5, 0.6) is 0 Å². The summed E-state index contributed by atoms with van der Waals surface area (Å²) in [6, 6.07) is 10.4. The van der Waals surface area contributed by atoms with Crippen molar-refractivity contribution in [3.05, 3.63) is 77.7 Å². The van der Waals surface area contributed by atoms with Crippen LogP contribution in [0.2, 0.25) is 0 Å². The molecule has 1 fully saturated rings. The van der Waals surface area contributed by atoms with E-state index in [1.807, 2.05) is 25.1 Å². The fourth-order valence-corrected chi connectivity index (χ4v) is 4.07. The number of rotatable bonds is 5. The Balaban J connectivity index is 1.48. The van der Waals surface area contributed by atoms with Crippen LogP contribution >= 0.6 is 0 Å². The van der Waals surface area contributed by atoms with E-state index in [-0.39, 0.29) is 6.04 Å². The van der Waals surface area contributed by atoms with Crippen molar-refractivity contribution in [3.63, 3.8) is 0 Å². The molecule has 7 heteroatoms. The Morgan fingerprint density at radius 3 is 2.47 bits per heavy atom. The number of piperazine rings is 1. The molecule has 1 atom stereocenters. The lowest BCUT2D eigenvalue weighted by atomic mass is 10.0. The van der Waals surface area contributed by atoms with E-state index in [2.05, 4.69) is 49.0 Å². The zero-order valence-corrected chi connectivity index (χ0v) is 19.2. The van der Waals surface area contributed by atoms with E-state index in [1.165, 1.54) is 5.56 Å². The van der Waals surface area contributed by atoms with Crippen molar-refractivity contribution in [2.45, 2.75) is 45.8 Å².